The Morgan fingerprint density at radius 1 is 1.67 bits per heavy atom. The minimum Gasteiger partial charge on any atom is -0.462 e. The van der Waals surface area contributed by atoms with Crippen molar-refractivity contribution in [1.29, 1.82) is 0 Å². The summed E-state index contributed by atoms with van der Waals surface area (Å²) in [6.45, 7) is 2.10. The van der Waals surface area contributed by atoms with Gasteiger partial charge in [0.05, 0.1) is 12.2 Å². The van der Waals surface area contributed by atoms with E-state index in [1.54, 1.807) is 19.2 Å². The van der Waals surface area contributed by atoms with Crippen LogP contribution in [0, 0.1) is 0 Å². The van der Waals surface area contributed by atoms with E-state index in [0.29, 0.717) is 17.8 Å². The van der Waals surface area contributed by atoms with Crippen LogP contribution in [-0.2, 0) is 4.74 Å². The number of hydrogen-bond acceptors (Lipinski definition) is 3. The smallest absolute Gasteiger partial charge is 0.338 e. The number of hydrogen-bond donors (Lipinski definition) is 1. The molecule has 0 aliphatic rings. The molecule has 2 aromatic heterocycles. The minimum absolute atomic E-state index is 0.271. The van der Waals surface area contributed by atoms with E-state index in [0.717, 1.165) is 5.39 Å². The Morgan fingerprint density at radius 3 is 3.20 bits per heavy atom. The van der Waals surface area contributed by atoms with Crippen molar-refractivity contribution >= 4 is 28.6 Å². The number of fused-ring (bicyclic) bond motifs is 1. The first-order chi connectivity index (χ1) is 7.22. The third kappa shape index (κ3) is 1.80. The lowest BCUT2D eigenvalue weighted by Crippen LogP contribution is -2.05. The fourth-order valence-electron chi connectivity index (χ4n) is 1.38. The number of nitrogens with one attached hydrogen (secondary N) is 1. The van der Waals surface area contributed by atoms with Crippen LogP contribution in [0.3, 0.4) is 0 Å². The molecule has 0 aliphatic carbocycles. The fourth-order valence-corrected chi connectivity index (χ4v) is 1.58. The number of aromatic amines is 1. The zero-order valence-corrected chi connectivity index (χ0v) is 8.84. The Hall–Kier alpha value is -1.55. The third-order valence-corrected chi connectivity index (χ3v) is 2.19. The first kappa shape index (κ1) is 9.98. The topological polar surface area (TPSA) is 55.0 Å². The lowest BCUT2D eigenvalue weighted by Gasteiger charge is -2.03. The number of pyridine rings is 1. The molecule has 0 amide bonds. The number of H-pyrrole nitrogens is 1. The zero-order chi connectivity index (χ0) is 10.8. The molecule has 78 valence electrons. The molecule has 2 heterocycles. The molecule has 5 heteroatoms. The van der Waals surface area contributed by atoms with Crippen molar-refractivity contribution in [2.45, 2.75) is 6.92 Å². The third-order valence-electron chi connectivity index (χ3n) is 1.99. The van der Waals surface area contributed by atoms with E-state index < -0.39 is 0 Å². The lowest BCUT2D eigenvalue weighted by atomic mass is 10.2. The van der Waals surface area contributed by atoms with Crippen molar-refractivity contribution in [1.82, 2.24) is 9.97 Å². The van der Waals surface area contributed by atoms with Crippen molar-refractivity contribution in [3.05, 3.63) is 29.0 Å². The number of halogens is 1. The van der Waals surface area contributed by atoms with E-state index >= 15 is 0 Å². The quantitative estimate of drug-likeness (QED) is 0.630. The first-order valence-corrected chi connectivity index (χ1v) is 4.91. The van der Waals surface area contributed by atoms with Gasteiger partial charge in [0.15, 0.2) is 0 Å². The van der Waals surface area contributed by atoms with Gasteiger partial charge in [-0.3, -0.25) is 0 Å². The van der Waals surface area contributed by atoms with Crippen LogP contribution in [0.15, 0.2) is 18.3 Å². The summed E-state index contributed by atoms with van der Waals surface area (Å²) in [5, 5.41) is 0.992. The fraction of sp³-hybridized carbons (Fsp3) is 0.200. The van der Waals surface area contributed by atoms with Gasteiger partial charge < -0.3 is 9.72 Å². The maximum absolute atomic E-state index is 11.6. The molecule has 0 fully saturated rings. The molecule has 0 aromatic carbocycles. The number of carbonyl (C=O) groups excluding carboxylic acids is 1. The monoisotopic (exact) mass is 224 g/mol. The number of rotatable bonds is 2. The first-order valence-electron chi connectivity index (χ1n) is 4.53. The van der Waals surface area contributed by atoms with Gasteiger partial charge in [-0.2, -0.15) is 0 Å². The van der Waals surface area contributed by atoms with Crippen molar-refractivity contribution in [2.75, 3.05) is 6.61 Å². The summed E-state index contributed by atoms with van der Waals surface area (Å²) >= 11 is 5.79. The Labute approximate surface area is 91.2 Å². The van der Waals surface area contributed by atoms with Crippen molar-refractivity contribution in [3.63, 3.8) is 0 Å². The molecule has 4 nitrogen and oxygen atoms in total. The van der Waals surface area contributed by atoms with Gasteiger partial charge in [-0.1, -0.05) is 11.6 Å². The lowest BCUT2D eigenvalue weighted by molar-refractivity contribution is 0.0528. The summed E-state index contributed by atoms with van der Waals surface area (Å²) < 4.78 is 4.92. The highest BCUT2D eigenvalue weighted by molar-refractivity contribution is 6.30. The van der Waals surface area contributed by atoms with Crippen molar-refractivity contribution in [2.24, 2.45) is 0 Å². The summed E-state index contributed by atoms with van der Waals surface area (Å²) in [5.41, 5.74) is 1.03. The molecule has 0 bridgehead atoms. The van der Waals surface area contributed by atoms with Crippen LogP contribution in [0.1, 0.15) is 17.3 Å². The Kier molecular flexibility index (Phi) is 2.60. The molecule has 2 aromatic rings. The van der Waals surface area contributed by atoms with E-state index in [1.807, 2.05) is 0 Å². The second-order valence-corrected chi connectivity index (χ2v) is 3.34. The van der Waals surface area contributed by atoms with E-state index in [2.05, 4.69) is 9.97 Å². The van der Waals surface area contributed by atoms with Crippen LogP contribution in [0.25, 0.3) is 11.0 Å². The van der Waals surface area contributed by atoms with E-state index in [4.69, 9.17) is 16.3 Å². The SMILES string of the molecule is CCOC(=O)c1cc(Cl)nc2[nH]ccc12. The number of carbonyl (C=O) groups is 1. The van der Waals surface area contributed by atoms with Gasteiger partial charge in [0.2, 0.25) is 0 Å². The summed E-state index contributed by atoms with van der Waals surface area (Å²) in [4.78, 5) is 18.5. The Morgan fingerprint density at radius 2 is 2.47 bits per heavy atom. The molecule has 0 saturated carbocycles. The molecule has 0 aliphatic heterocycles. The predicted octanol–water partition coefficient (Wildman–Crippen LogP) is 2.39. The van der Waals surface area contributed by atoms with Gasteiger partial charge >= 0.3 is 5.97 Å². The van der Waals surface area contributed by atoms with E-state index in [9.17, 15) is 4.79 Å². The van der Waals surface area contributed by atoms with Gasteiger partial charge in [-0.05, 0) is 19.1 Å². The highest BCUT2D eigenvalue weighted by atomic mass is 35.5. The summed E-state index contributed by atoms with van der Waals surface area (Å²) in [6.07, 6.45) is 1.71. The highest BCUT2D eigenvalue weighted by Gasteiger charge is 2.13. The van der Waals surface area contributed by atoms with Crippen LogP contribution in [0.4, 0.5) is 0 Å². The second kappa shape index (κ2) is 3.90. The normalized spacial score (nSPS) is 10.5. The number of nitrogens with zero attached hydrogens (tertiary/aromatic N) is 1. The van der Waals surface area contributed by atoms with E-state index in [1.165, 1.54) is 6.07 Å². The molecule has 0 radical (unpaired) electrons. The van der Waals surface area contributed by atoms with Gasteiger partial charge in [-0.25, -0.2) is 9.78 Å². The Balaban J connectivity index is 2.57. The van der Waals surface area contributed by atoms with E-state index in [-0.39, 0.29) is 11.1 Å². The van der Waals surface area contributed by atoms with Crippen LogP contribution < -0.4 is 0 Å². The molecular weight excluding hydrogens is 216 g/mol. The van der Waals surface area contributed by atoms with Crippen molar-refractivity contribution < 1.29 is 9.53 Å². The zero-order valence-electron chi connectivity index (χ0n) is 8.08. The van der Waals surface area contributed by atoms with Crippen LogP contribution in [-0.4, -0.2) is 22.5 Å². The summed E-state index contributed by atoms with van der Waals surface area (Å²) in [5.74, 6) is -0.383. The maximum Gasteiger partial charge on any atom is 0.338 e. The van der Waals surface area contributed by atoms with Crippen molar-refractivity contribution in [3.8, 4) is 0 Å². The standard InChI is InChI=1S/C10H9ClN2O2/c1-2-15-10(14)7-5-8(11)13-9-6(7)3-4-12-9/h3-5H,2H2,1H3,(H,12,13). The average molecular weight is 225 g/mol. The molecule has 0 spiro atoms. The van der Waals surface area contributed by atoms with Gasteiger partial charge in [0.25, 0.3) is 0 Å². The van der Waals surface area contributed by atoms with Gasteiger partial charge in [0.1, 0.15) is 10.8 Å². The molecular formula is C10H9ClN2O2. The number of ether oxygens (including phenoxy) is 1. The summed E-state index contributed by atoms with van der Waals surface area (Å²) in [7, 11) is 0. The average Bonchev–Trinajstić information content (AvgIpc) is 2.64. The number of esters is 1. The summed E-state index contributed by atoms with van der Waals surface area (Å²) in [6, 6.07) is 3.28. The van der Waals surface area contributed by atoms with Crippen LogP contribution in [0.2, 0.25) is 5.15 Å². The number of aromatic nitrogens is 2. The maximum atomic E-state index is 11.6. The molecule has 0 saturated heterocycles. The van der Waals surface area contributed by atoms with Gasteiger partial charge in [0, 0.05) is 11.6 Å². The largest absolute Gasteiger partial charge is 0.462 e. The predicted molar refractivity (Wildman–Crippen MR) is 57.1 cm³/mol. The molecule has 0 unspecified atom stereocenters. The Bertz CT molecular complexity index is 507. The van der Waals surface area contributed by atoms with Gasteiger partial charge in [-0.15, -0.1) is 0 Å². The van der Waals surface area contributed by atoms with Crippen LogP contribution >= 0.6 is 11.6 Å². The molecule has 2 rings (SSSR count). The molecule has 15 heavy (non-hydrogen) atoms. The second-order valence-electron chi connectivity index (χ2n) is 2.95. The molecule has 1 N–H and O–H groups in total. The molecule has 0 atom stereocenters. The minimum atomic E-state index is -0.383. The highest BCUT2D eigenvalue weighted by Crippen LogP contribution is 2.20. The van der Waals surface area contributed by atoms with Crippen LogP contribution in [0.5, 0.6) is 0 Å².